The van der Waals surface area contributed by atoms with Crippen LogP contribution in [0.5, 0.6) is 0 Å². The van der Waals surface area contributed by atoms with Gasteiger partial charge in [-0.3, -0.25) is 20.2 Å². The van der Waals surface area contributed by atoms with Crippen LogP contribution < -0.4 is 10.6 Å². The summed E-state index contributed by atoms with van der Waals surface area (Å²) in [5.74, 6) is -0.575. The van der Waals surface area contributed by atoms with E-state index in [-0.39, 0.29) is 21.7 Å². The third kappa shape index (κ3) is 6.15. The van der Waals surface area contributed by atoms with Gasteiger partial charge in [-0.25, -0.2) is 8.42 Å². The van der Waals surface area contributed by atoms with Gasteiger partial charge in [-0.05, 0) is 44.0 Å². The van der Waals surface area contributed by atoms with E-state index in [0.29, 0.717) is 28.1 Å². The first-order valence-corrected chi connectivity index (χ1v) is 14.3. The highest BCUT2D eigenvalue weighted by molar-refractivity contribution is 8.01. The molecule has 3 heterocycles. The molecule has 1 saturated heterocycles. The van der Waals surface area contributed by atoms with Gasteiger partial charge in [-0.2, -0.15) is 4.31 Å². The number of hydrogen-bond donors (Lipinski definition) is 2. The molecule has 1 aromatic carbocycles. The minimum atomic E-state index is -3.55. The fourth-order valence-electron chi connectivity index (χ4n) is 3.15. The van der Waals surface area contributed by atoms with E-state index in [0.717, 1.165) is 35.6 Å². The zero-order valence-corrected chi connectivity index (χ0v) is 21.3. The molecule has 2 amide bonds. The summed E-state index contributed by atoms with van der Waals surface area (Å²) in [6.45, 7) is 2.84. The van der Waals surface area contributed by atoms with Crippen molar-refractivity contribution in [2.75, 3.05) is 29.5 Å². The lowest BCUT2D eigenvalue weighted by Crippen LogP contribution is -2.35. The SMILES string of the molecule is Cc1nnc(NC(=O)CSc2nnc(NC(=O)c3ccc(S(=O)(=O)N4CCCCC4)cc3)s2)s1. The van der Waals surface area contributed by atoms with Crippen molar-refractivity contribution >= 4 is 66.5 Å². The number of sulfonamides is 1. The van der Waals surface area contributed by atoms with Gasteiger partial charge < -0.3 is 0 Å². The summed E-state index contributed by atoms with van der Waals surface area (Å²) in [5.41, 5.74) is 0.300. The molecule has 180 valence electrons. The number of aromatic nitrogens is 4. The number of hydrogen-bond acceptors (Lipinski definition) is 11. The van der Waals surface area contributed by atoms with Crippen molar-refractivity contribution < 1.29 is 18.0 Å². The molecular formula is C19H21N7O4S4. The fraction of sp³-hybridized carbons (Fsp3) is 0.368. The zero-order valence-electron chi connectivity index (χ0n) is 18.1. The zero-order chi connectivity index (χ0) is 24.1. The Morgan fingerprint density at radius 3 is 2.32 bits per heavy atom. The molecule has 0 spiro atoms. The molecule has 11 nitrogen and oxygen atoms in total. The minimum absolute atomic E-state index is 0.105. The topological polar surface area (TPSA) is 147 Å². The van der Waals surface area contributed by atoms with Crippen LogP contribution in [0.3, 0.4) is 0 Å². The van der Waals surface area contributed by atoms with E-state index < -0.39 is 15.9 Å². The molecule has 0 saturated carbocycles. The van der Waals surface area contributed by atoms with Crippen molar-refractivity contribution in [3.05, 3.63) is 34.8 Å². The Kier molecular flexibility index (Phi) is 7.88. The third-order valence-corrected chi connectivity index (χ3v) is 9.43. The Morgan fingerprint density at radius 2 is 1.65 bits per heavy atom. The number of carbonyl (C=O) groups excluding carboxylic acids is 2. The van der Waals surface area contributed by atoms with Crippen molar-refractivity contribution in [1.29, 1.82) is 0 Å². The minimum Gasteiger partial charge on any atom is -0.300 e. The highest BCUT2D eigenvalue weighted by atomic mass is 32.2. The van der Waals surface area contributed by atoms with Crippen LogP contribution in [0.1, 0.15) is 34.6 Å². The molecular weight excluding hydrogens is 519 g/mol. The molecule has 0 radical (unpaired) electrons. The Hall–Kier alpha value is -2.46. The van der Waals surface area contributed by atoms with Gasteiger partial charge in [-0.1, -0.05) is 40.9 Å². The van der Waals surface area contributed by atoms with E-state index in [1.54, 1.807) is 6.92 Å². The van der Waals surface area contributed by atoms with Crippen molar-refractivity contribution in [1.82, 2.24) is 24.7 Å². The molecule has 0 unspecified atom stereocenters. The lowest BCUT2D eigenvalue weighted by atomic mass is 10.2. The highest BCUT2D eigenvalue weighted by Gasteiger charge is 2.26. The monoisotopic (exact) mass is 539 g/mol. The number of rotatable bonds is 8. The summed E-state index contributed by atoms with van der Waals surface area (Å²) in [4.78, 5) is 24.7. The fourth-order valence-corrected chi connectivity index (χ4v) is 6.82. The van der Waals surface area contributed by atoms with E-state index in [1.165, 1.54) is 51.7 Å². The van der Waals surface area contributed by atoms with Gasteiger partial charge in [0.05, 0.1) is 10.6 Å². The standard InChI is InChI=1S/C19H21N7O4S4/c1-12-22-23-17(32-12)20-15(27)11-31-19-25-24-18(33-19)21-16(28)13-5-7-14(8-6-13)34(29,30)26-9-3-2-4-10-26/h5-8H,2-4,9-11H2,1H3,(H,20,23,27)(H,21,24,28). The number of benzene rings is 1. The summed E-state index contributed by atoms with van der Waals surface area (Å²) in [6, 6.07) is 5.83. The maximum atomic E-state index is 12.7. The molecule has 3 aromatic rings. The molecule has 2 N–H and O–H groups in total. The van der Waals surface area contributed by atoms with E-state index in [4.69, 9.17) is 0 Å². The second kappa shape index (κ2) is 10.9. The average molecular weight is 540 g/mol. The van der Waals surface area contributed by atoms with Crippen LogP contribution in [0.25, 0.3) is 0 Å². The number of carbonyl (C=O) groups is 2. The first-order chi connectivity index (χ1) is 16.3. The smallest absolute Gasteiger partial charge is 0.257 e. The predicted octanol–water partition coefficient (Wildman–Crippen LogP) is 2.86. The van der Waals surface area contributed by atoms with Crippen LogP contribution in [-0.4, -0.2) is 63.8 Å². The van der Waals surface area contributed by atoms with Gasteiger partial charge in [0.1, 0.15) is 5.01 Å². The molecule has 1 fully saturated rings. The largest absolute Gasteiger partial charge is 0.300 e. The van der Waals surface area contributed by atoms with Gasteiger partial charge in [0.2, 0.25) is 26.2 Å². The van der Waals surface area contributed by atoms with Gasteiger partial charge in [0, 0.05) is 18.7 Å². The van der Waals surface area contributed by atoms with Crippen LogP contribution in [0.4, 0.5) is 10.3 Å². The second-order valence-corrected chi connectivity index (χ2v) is 12.6. The number of nitrogens with zero attached hydrogens (tertiary/aromatic N) is 5. The van der Waals surface area contributed by atoms with Gasteiger partial charge in [0.25, 0.3) is 5.91 Å². The van der Waals surface area contributed by atoms with Crippen LogP contribution in [0.15, 0.2) is 33.5 Å². The van der Waals surface area contributed by atoms with Crippen molar-refractivity contribution in [2.24, 2.45) is 0 Å². The molecule has 0 bridgehead atoms. The molecule has 4 rings (SSSR count). The number of nitrogens with one attached hydrogen (secondary N) is 2. The van der Waals surface area contributed by atoms with Crippen molar-refractivity contribution in [2.45, 2.75) is 35.4 Å². The van der Waals surface area contributed by atoms with Gasteiger partial charge in [0.15, 0.2) is 4.34 Å². The molecule has 1 aliphatic rings. The molecule has 2 aromatic heterocycles. The van der Waals surface area contributed by atoms with Crippen molar-refractivity contribution in [3.8, 4) is 0 Å². The predicted molar refractivity (Wildman–Crippen MR) is 131 cm³/mol. The second-order valence-electron chi connectivity index (χ2n) is 7.28. The summed E-state index contributed by atoms with van der Waals surface area (Å²) >= 11 is 3.60. The third-order valence-electron chi connectivity index (χ3n) is 4.80. The van der Waals surface area contributed by atoms with Crippen LogP contribution in [0, 0.1) is 6.92 Å². The van der Waals surface area contributed by atoms with E-state index in [9.17, 15) is 18.0 Å². The first kappa shape index (κ1) is 24.7. The van der Waals surface area contributed by atoms with E-state index in [2.05, 4.69) is 31.0 Å². The Bertz CT molecular complexity index is 1270. The summed E-state index contributed by atoms with van der Waals surface area (Å²) in [7, 11) is -3.55. The molecule has 1 aliphatic heterocycles. The molecule has 15 heteroatoms. The number of piperidine rings is 1. The summed E-state index contributed by atoms with van der Waals surface area (Å²) < 4.78 is 27.5. The van der Waals surface area contributed by atoms with Crippen LogP contribution in [-0.2, 0) is 14.8 Å². The molecule has 0 aliphatic carbocycles. The van der Waals surface area contributed by atoms with Crippen LogP contribution in [0.2, 0.25) is 0 Å². The molecule has 0 atom stereocenters. The van der Waals surface area contributed by atoms with Gasteiger partial charge in [-0.15, -0.1) is 20.4 Å². The van der Waals surface area contributed by atoms with Crippen LogP contribution >= 0.6 is 34.4 Å². The normalized spacial score (nSPS) is 14.6. The maximum absolute atomic E-state index is 12.7. The average Bonchev–Trinajstić information content (AvgIpc) is 3.46. The lowest BCUT2D eigenvalue weighted by molar-refractivity contribution is -0.113. The number of thioether (sulfide) groups is 1. The molecule has 34 heavy (non-hydrogen) atoms. The first-order valence-electron chi connectivity index (χ1n) is 10.3. The lowest BCUT2D eigenvalue weighted by Gasteiger charge is -2.25. The number of aryl methyl sites for hydroxylation is 1. The summed E-state index contributed by atoms with van der Waals surface area (Å²) in [6.07, 6.45) is 2.75. The maximum Gasteiger partial charge on any atom is 0.257 e. The number of amides is 2. The van der Waals surface area contributed by atoms with E-state index >= 15 is 0 Å². The number of anilines is 2. The Morgan fingerprint density at radius 1 is 0.971 bits per heavy atom. The summed E-state index contributed by atoms with van der Waals surface area (Å²) in [5, 5.41) is 22.3. The van der Waals surface area contributed by atoms with Gasteiger partial charge >= 0.3 is 0 Å². The highest BCUT2D eigenvalue weighted by Crippen LogP contribution is 2.26. The van der Waals surface area contributed by atoms with E-state index in [1.807, 2.05) is 0 Å². The Balaban J connectivity index is 1.30. The quantitative estimate of drug-likeness (QED) is 0.326. The van der Waals surface area contributed by atoms with Crippen molar-refractivity contribution in [3.63, 3.8) is 0 Å². The Labute approximate surface area is 208 Å².